The number of carboxylic acids is 1. The molecule has 0 aliphatic carbocycles. The Hall–Kier alpha value is -4.14. The van der Waals surface area contributed by atoms with E-state index in [1.54, 1.807) is 0 Å². The van der Waals surface area contributed by atoms with Gasteiger partial charge in [-0.25, -0.2) is 9.78 Å². The summed E-state index contributed by atoms with van der Waals surface area (Å²) in [5.74, 6) is 0.669. The van der Waals surface area contributed by atoms with Crippen LogP contribution in [0.5, 0.6) is 5.75 Å². The van der Waals surface area contributed by atoms with Crippen molar-refractivity contribution in [2.24, 2.45) is 0 Å². The Balaban J connectivity index is 1.54. The van der Waals surface area contributed by atoms with E-state index in [9.17, 15) is 9.90 Å². The molecule has 3 aliphatic heterocycles. The average Bonchev–Trinajstić information content (AvgIpc) is 3.46. The fourth-order valence-electron chi connectivity index (χ4n) is 6.95. The van der Waals surface area contributed by atoms with Crippen LogP contribution in [-0.2, 0) is 14.3 Å². The molecule has 2 atom stereocenters. The lowest BCUT2D eigenvalue weighted by molar-refractivity contribution is -0.160. The molecule has 0 saturated carbocycles. The number of piperidine rings is 1. The summed E-state index contributed by atoms with van der Waals surface area (Å²) in [6.07, 6.45) is 8.55. The number of pyridine rings is 1. The van der Waals surface area contributed by atoms with Gasteiger partial charge in [0, 0.05) is 42.4 Å². The van der Waals surface area contributed by atoms with Crippen LogP contribution < -0.4 is 9.64 Å². The minimum absolute atomic E-state index is 0.00310. The van der Waals surface area contributed by atoms with Crippen LogP contribution in [0.3, 0.4) is 0 Å². The second-order valence-electron chi connectivity index (χ2n) is 15.1. The number of ether oxygens (including phenoxy) is 3. The van der Waals surface area contributed by atoms with Crippen molar-refractivity contribution < 1.29 is 24.1 Å². The molecule has 260 valence electrons. The minimum atomic E-state index is -1.15. The second kappa shape index (κ2) is 13.6. The predicted octanol–water partition coefficient (Wildman–Crippen LogP) is 9.03. The highest BCUT2D eigenvalue weighted by atomic mass is 16.5. The van der Waals surface area contributed by atoms with Crippen LogP contribution in [0.4, 0.5) is 5.82 Å². The number of carboxylic acid groups (broad SMARTS) is 1. The summed E-state index contributed by atoms with van der Waals surface area (Å²) in [6.45, 7) is 18.3. The Kier molecular flexibility index (Phi) is 9.66. The Bertz CT molecular complexity index is 1880. The molecule has 2 aromatic heterocycles. The molecule has 0 amide bonds. The highest BCUT2D eigenvalue weighted by Crippen LogP contribution is 2.40. The topological polar surface area (TPSA) is 85.5 Å². The molecule has 8 nitrogen and oxygen atoms in total. The highest BCUT2D eigenvalue weighted by Gasteiger charge is 2.37. The van der Waals surface area contributed by atoms with Gasteiger partial charge in [-0.15, -0.1) is 0 Å². The van der Waals surface area contributed by atoms with E-state index < -0.39 is 17.7 Å². The summed E-state index contributed by atoms with van der Waals surface area (Å²) in [4.78, 5) is 20.3. The van der Waals surface area contributed by atoms with Crippen molar-refractivity contribution in [1.82, 2.24) is 9.38 Å². The first-order chi connectivity index (χ1) is 23.2. The molecule has 6 bridgehead atoms. The van der Waals surface area contributed by atoms with Crippen LogP contribution in [0.1, 0.15) is 88.7 Å². The number of aliphatic carboxylic acids is 1. The molecule has 7 rings (SSSR count). The molecule has 0 unspecified atom stereocenters. The summed E-state index contributed by atoms with van der Waals surface area (Å²) in [5, 5.41) is 10.6. The monoisotopic (exact) mass is 665 g/mol. The van der Waals surface area contributed by atoms with Gasteiger partial charge in [0.2, 0.25) is 0 Å². The van der Waals surface area contributed by atoms with Gasteiger partial charge in [-0.3, -0.25) is 4.40 Å². The first kappa shape index (κ1) is 34.7. The first-order valence-corrected chi connectivity index (χ1v) is 17.6. The van der Waals surface area contributed by atoms with Crippen molar-refractivity contribution in [2.45, 2.75) is 104 Å². The van der Waals surface area contributed by atoms with Gasteiger partial charge < -0.3 is 24.2 Å². The van der Waals surface area contributed by atoms with Crippen molar-refractivity contribution in [1.29, 1.82) is 0 Å². The quantitative estimate of drug-likeness (QED) is 0.219. The number of imidazole rings is 1. The first-order valence-electron chi connectivity index (χ1n) is 17.6. The van der Waals surface area contributed by atoms with Gasteiger partial charge >= 0.3 is 5.97 Å². The summed E-state index contributed by atoms with van der Waals surface area (Å²) in [7, 11) is 0. The Morgan fingerprint density at radius 3 is 2.45 bits per heavy atom. The highest BCUT2D eigenvalue weighted by molar-refractivity contribution is 5.81. The van der Waals surface area contributed by atoms with E-state index in [0.717, 1.165) is 70.8 Å². The molecule has 1 saturated heterocycles. The van der Waals surface area contributed by atoms with E-state index in [4.69, 9.17) is 19.2 Å². The second-order valence-corrected chi connectivity index (χ2v) is 15.1. The van der Waals surface area contributed by atoms with Gasteiger partial charge in [0.05, 0.1) is 29.6 Å². The van der Waals surface area contributed by atoms with Crippen LogP contribution in [0.2, 0.25) is 0 Å². The fraction of sp³-hybridized carbons (Fsp3) is 0.463. The normalized spacial score (nSPS) is 21.6. The van der Waals surface area contributed by atoms with E-state index in [2.05, 4.69) is 85.5 Å². The van der Waals surface area contributed by atoms with Crippen molar-refractivity contribution in [3.8, 4) is 28.1 Å². The summed E-state index contributed by atoms with van der Waals surface area (Å²) >= 11 is 0. The summed E-state index contributed by atoms with van der Waals surface area (Å²) in [6, 6.07) is 14.8. The van der Waals surface area contributed by atoms with Crippen LogP contribution in [-0.4, -0.2) is 57.5 Å². The largest absolute Gasteiger partial charge is 0.490 e. The molecule has 8 heteroatoms. The van der Waals surface area contributed by atoms with E-state index in [0.29, 0.717) is 25.3 Å². The SMILES string of the molecule is Cc1cc2c(cc1C)-c1cccc(c1)-c1cn3c(c([C@H](OC(C)(C)C)C(=O)O)c(C)cc3n1)N1CCC(C)(CC1)OCC/C=C/C[C@H](C)O2. The fourth-order valence-corrected chi connectivity index (χ4v) is 6.95. The van der Waals surface area contributed by atoms with E-state index >= 15 is 0 Å². The van der Waals surface area contributed by atoms with E-state index in [-0.39, 0.29) is 11.7 Å². The molecule has 1 N–H and O–H groups in total. The smallest absolute Gasteiger partial charge is 0.337 e. The lowest BCUT2D eigenvalue weighted by Gasteiger charge is -2.41. The van der Waals surface area contributed by atoms with E-state index in [1.165, 1.54) is 11.1 Å². The van der Waals surface area contributed by atoms with Crippen LogP contribution in [0.15, 0.2) is 60.8 Å². The zero-order valence-electron chi connectivity index (χ0n) is 30.3. The number of hydrogen-bond donors (Lipinski definition) is 1. The summed E-state index contributed by atoms with van der Waals surface area (Å²) < 4.78 is 21.4. The number of nitrogens with zero attached hydrogens (tertiary/aromatic N) is 3. The molecule has 49 heavy (non-hydrogen) atoms. The number of hydrogen-bond acceptors (Lipinski definition) is 6. The van der Waals surface area contributed by atoms with Crippen LogP contribution >= 0.6 is 0 Å². The van der Waals surface area contributed by atoms with Crippen molar-refractivity contribution >= 4 is 17.4 Å². The maximum atomic E-state index is 12.9. The maximum absolute atomic E-state index is 12.9. The molecule has 0 spiro atoms. The third-order valence-corrected chi connectivity index (χ3v) is 9.81. The van der Waals surface area contributed by atoms with Gasteiger partial charge in [-0.1, -0.05) is 30.4 Å². The van der Waals surface area contributed by atoms with Gasteiger partial charge in [0.15, 0.2) is 6.10 Å². The molecule has 3 aliphatic rings. The molecular formula is C41H51N3O5. The minimum Gasteiger partial charge on any atom is -0.490 e. The average molecular weight is 666 g/mol. The van der Waals surface area contributed by atoms with Crippen LogP contribution in [0, 0.1) is 20.8 Å². The lowest BCUT2D eigenvalue weighted by Crippen LogP contribution is -2.45. The number of aryl methyl sites for hydroxylation is 3. The molecule has 1 fully saturated rings. The lowest BCUT2D eigenvalue weighted by atomic mass is 9.92. The zero-order valence-corrected chi connectivity index (χ0v) is 30.3. The number of fused-ring (bicyclic) bond motifs is 8. The third kappa shape index (κ3) is 7.55. The number of benzene rings is 2. The number of rotatable bonds is 3. The van der Waals surface area contributed by atoms with Crippen molar-refractivity contribution in [2.75, 3.05) is 24.6 Å². The van der Waals surface area contributed by atoms with Gasteiger partial charge in [0.1, 0.15) is 17.2 Å². The van der Waals surface area contributed by atoms with Gasteiger partial charge in [0.25, 0.3) is 0 Å². The Morgan fingerprint density at radius 2 is 1.73 bits per heavy atom. The van der Waals surface area contributed by atoms with Gasteiger partial charge in [-0.2, -0.15) is 0 Å². The molecule has 4 aromatic rings. The third-order valence-electron chi connectivity index (χ3n) is 9.81. The maximum Gasteiger partial charge on any atom is 0.337 e. The van der Waals surface area contributed by atoms with E-state index in [1.807, 2.05) is 40.0 Å². The molecular weight excluding hydrogens is 614 g/mol. The predicted molar refractivity (Wildman–Crippen MR) is 196 cm³/mol. The number of anilines is 1. The number of carbonyl (C=O) groups is 1. The van der Waals surface area contributed by atoms with Crippen molar-refractivity contribution in [3.05, 3.63) is 83.1 Å². The zero-order chi connectivity index (χ0) is 35.1. The van der Waals surface area contributed by atoms with Gasteiger partial charge in [-0.05, 0) is 121 Å². The molecule has 0 radical (unpaired) electrons. The molecule has 5 heterocycles. The van der Waals surface area contributed by atoms with Crippen LogP contribution in [0.25, 0.3) is 28.0 Å². The Labute approximate surface area is 290 Å². The number of aromatic nitrogens is 2. The Morgan fingerprint density at radius 1 is 1.02 bits per heavy atom. The van der Waals surface area contributed by atoms with Crippen molar-refractivity contribution in [3.63, 3.8) is 0 Å². The standard InChI is InChI=1S/C41H51N3O5/c1-26-21-32-30-14-12-15-31(24-30)33-25-44-35(42-33)23-28(3)36(37(39(45)46)49-40(5,6)7)38(44)43-18-16-41(8,17-19-43)47-20-11-9-10-13-29(4)48-34(32)22-27(26)2/h9-10,12,14-15,21-25,29,37H,11,13,16-20H2,1-8H3,(H,45,46)/b10-9+/t29-,37-/m0/s1. The summed E-state index contributed by atoms with van der Waals surface area (Å²) in [5.41, 5.74) is 7.59. The molecule has 2 aromatic carbocycles.